The average molecular weight is 239 g/mol. The van der Waals surface area contributed by atoms with E-state index in [4.69, 9.17) is 11.6 Å². The number of aryl methyl sites for hydroxylation is 1. The van der Waals surface area contributed by atoms with E-state index in [9.17, 15) is 13.2 Å². The molecule has 0 heterocycles. The van der Waals surface area contributed by atoms with Gasteiger partial charge in [0, 0.05) is 5.88 Å². The van der Waals surface area contributed by atoms with Crippen molar-refractivity contribution in [3.8, 4) is 5.75 Å². The fraction of sp³-hybridized carbons (Fsp3) is 0.400. The molecule has 0 radical (unpaired) electrons. The number of hydrogen-bond acceptors (Lipinski definition) is 1. The van der Waals surface area contributed by atoms with Crippen LogP contribution in [-0.4, -0.2) is 12.5 Å². The first-order valence-corrected chi connectivity index (χ1v) is 4.96. The minimum Gasteiger partial charge on any atom is -0.432 e. The molecule has 0 atom stereocenters. The summed E-state index contributed by atoms with van der Waals surface area (Å²) in [6.45, 7) is -3.01. The smallest absolute Gasteiger partial charge is 0.387 e. The molecule has 1 nitrogen and oxygen atoms in total. The molecule has 1 aromatic carbocycles. The van der Waals surface area contributed by atoms with Gasteiger partial charge in [-0.1, -0.05) is 12.1 Å². The molecule has 0 unspecified atom stereocenters. The van der Waals surface area contributed by atoms with Crippen LogP contribution >= 0.6 is 11.6 Å². The summed E-state index contributed by atoms with van der Waals surface area (Å²) in [4.78, 5) is 0. The van der Waals surface area contributed by atoms with E-state index in [0.29, 0.717) is 24.3 Å². The van der Waals surface area contributed by atoms with Crippen molar-refractivity contribution in [2.24, 2.45) is 0 Å². The number of hydrogen-bond donors (Lipinski definition) is 0. The highest BCUT2D eigenvalue weighted by molar-refractivity contribution is 6.17. The molecule has 0 saturated heterocycles. The van der Waals surface area contributed by atoms with E-state index in [0.717, 1.165) is 0 Å². The van der Waals surface area contributed by atoms with Crippen LogP contribution in [0.1, 0.15) is 12.0 Å². The number of ether oxygens (including phenoxy) is 1. The zero-order valence-electron chi connectivity index (χ0n) is 7.85. The Morgan fingerprint density at radius 1 is 1.33 bits per heavy atom. The maximum absolute atomic E-state index is 13.5. The molecule has 0 fully saturated rings. The predicted octanol–water partition coefficient (Wildman–Crippen LogP) is 3.60. The zero-order valence-corrected chi connectivity index (χ0v) is 8.61. The Bertz CT molecular complexity index is 318. The highest BCUT2D eigenvalue weighted by Crippen LogP contribution is 2.23. The van der Waals surface area contributed by atoms with Crippen LogP contribution in [0.15, 0.2) is 18.2 Å². The maximum atomic E-state index is 13.5. The molecular formula is C10H10ClF3O. The van der Waals surface area contributed by atoms with Gasteiger partial charge in [-0.05, 0) is 24.5 Å². The SMILES string of the molecule is Fc1c(CCCCl)cccc1OC(F)F. The number of benzene rings is 1. The Kier molecular flexibility index (Phi) is 4.75. The summed E-state index contributed by atoms with van der Waals surface area (Å²) in [5.74, 6) is -0.751. The van der Waals surface area contributed by atoms with Crippen LogP contribution in [0.4, 0.5) is 13.2 Å². The van der Waals surface area contributed by atoms with Gasteiger partial charge in [-0.3, -0.25) is 0 Å². The largest absolute Gasteiger partial charge is 0.432 e. The molecule has 15 heavy (non-hydrogen) atoms. The summed E-state index contributed by atoms with van der Waals surface area (Å²) >= 11 is 5.45. The molecule has 0 aliphatic carbocycles. The van der Waals surface area contributed by atoms with Gasteiger partial charge >= 0.3 is 6.61 Å². The average Bonchev–Trinajstić information content (AvgIpc) is 2.19. The summed E-state index contributed by atoms with van der Waals surface area (Å²) in [6.07, 6.45) is 1.01. The van der Waals surface area contributed by atoms with Gasteiger partial charge in [-0.25, -0.2) is 4.39 Å². The fourth-order valence-electron chi connectivity index (χ4n) is 1.19. The number of alkyl halides is 3. The first-order valence-electron chi connectivity index (χ1n) is 4.43. The van der Waals surface area contributed by atoms with Crippen molar-refractivity contribution >= 4 is 11.6 Å². The van der Waals surface area contributed by atoms with Crippen molar-refractivity contribution in [3.05, 3.63) is 29.6 Å². The monoisotopic (exact) mass is 238 g/mol. The van der Waals surface area contributed by atoms with Crippen LogP contribution in [0.3, 0.4) is 0 Å². The van der Waals surface area contributed by atoms with E-state index in [1.807, 2.05) is 0 Å². The lowest BCUT2D eigenvalue weighted by Crippen LogP contribution is -2.05. The molecule has 1 aromatic rings. The lowest BCUT2D eigenvalue weighted by atomic mass is 10.1. The fourth-order valence-corrected chi connectivity index (χ4v) is 1.33. The van der Waals surface area contributed by atoms with Gasteiger partial charge in [0.2, 0.25) is 0 Å². The van der Waals surface area contributed by atoms with Crippen LogP contribution in [0, 0.1) is 5.82 Å². The number of rotatable bonds is 5. The van der Waals surface area contributed by atoms with Crippen molar-refractivity contribution in [1.29, 1.82) is 0 Å². The highest BCUT2D eigenvalue weighted by Gasteiger charge is 2.12. The first kappa shape index (κ1) is 12.2. The van der Waals surface area contributed by atoms with Gasteiger partial charge in [-0.2, -0.15) is 8.78 Å². The van der Waals surface area contributed by atoms with E-state index in [1.165, 1.54) is 18.2 Å². The summed E-state index contributed by atoms with van der Waals surface area (Å²) < 4.78 is 41.2. The number of halogens is 4. The van der Waals surface area contributed by atoms with E-state index >= 15 is 0 Å². The van der Waals surface area contributed by atoms with Crippen molar-refractivity contribution in [3.63, 3.8) is 0 Å². The van der Waals surface area contributed by atoms with Gasteiger partial charge < -0.3 is 4.74 Å². The molecule has 84 valence electrons. The van der Waals surface area contributed by atoms with Gasteiger partial charge in [0.15, 0.2) is 11.6 Å². The van der Waals surface area contributed by atoms with Gasteiger partial charge in [0.05, 0.1) is 0 Å². The summed E-state index contributed by atoms with van der Waals surface area (Å²) in [5.41, 5.74) is 0.341. The summed E-state index contributed by atoms with van der Waals surface area (Å²) in [5, 5.41) is 0. The molecule has 1 rings (SSSR count). The van der Waals surface area contributed by atoms with Crippen molar-refractivity contribution in [1.82, 2.24) is 0 Å². The maximum Gasteiger partial charge on any atom is 0.387 e. The summed E-state index contributed by atoms with van der Waals surface area (Å²) in [7, 11) is 0. The molecule has 0 saturated carbocycles. The van der Waals surface area contributed by atoms with Crippen LogP contribution < -0.4 is 4.74 Å². The molecule has 0 N–H and O–H groups in total. The van der Waals surface area contributed by atoms with Gasteiger partial charge in [0.1, 0.15) is 0 Å². The Morgan fingerprint density at radius 3 is 2.67 bits per heavy atom. The third kappa shape index (κ3) is 3.63. The van der Waals surface area contributed by atoms with Crippen LogP contribution in [-0.2, 0) is 6.42 Å². The topological polar surface area (TPSA) is 9.23 Å². The molecule has 0 amide bonds. The second kappa shape index (κ2) is 5.85. The molecule has 0 bridgehead atoms. The highest BCUT2D eigenvalue weighted by atomic mass is 35.5. The van der Waals surface area contributed by atoms with Crippen molar-refractivity contribution in [2.45, 2.75) is 19.5 Å². The quantitative estimate of drug-likeness (QED) is 0.713. The van der Waals surface area contributed by atoms with Crippen molar-refractivity contribution < 1.29 is 17.9 Å². The third-order valence-electron chi connectivity index (χ3n) is 1.84. The van der Waals surface area contributed by atoms with Gasteiger partial charge in [-0.15, -0.1) is 11.6 Å². The Morgan fingerprint density at radius 2 is 2.07 bits per heavy atom. The second-order valence-electron chi connectivity index (χ2n) is 2.90. The van der Waals surface area contributed by atoms with E-state index in [-0.39, 0.29) is 0 Å². The normalized spacial score (nSPS) is 10.7. The van der Waals surface area contributed by atoms with Gasteiger partial charge in [0.25, 0.3) is 0 Å². The van der Waals surface area contributed by atoms with Crippen LogP contribution in [0.2, 0.25) is 0 Å². The standard InChI is InChI=1S/C10H10ClF3O/c11-6-2-4-7-3-1-5-8(9(7)12)15-10(13)14/h1,3,5,10H,2,4,6H2. The Balaban J connectivity index is 2.80. The predicted molar refractivity (Wildman–Crippen MR) is 52.1 cm³/mol. The molecule has 0 aliphatic heterocycles. The van der Waals surface area contributed by atoms with E-state index < -0.39 is 18.2 Å². The van der Waals surface area contributed by atoms with E-state index in [2.05, 4.69) is 4.74 Å². The molecule has 0 spiro atoms. The molecule has 5 heteroatoms. The molecule has 0 aliphatic rings. The van der Waals surface area contributed by atoms with E-state index in [1.54, 1.807) is 0 Å². The van der Waals surface area contributed by atoms with Crippen LogP contribution in [0.5, 0.6) is 5.75 Å². The zero-order chi connectivity index (χ0) is 11.3. The summed E-state index contributed by atoms with van der Waals surface area (Å²) in [6, 6.07) is 4.18. The molecular weight excluding hydrogens is 229 g/mol. The van der Waals surface area contributed by atoms with Crippen LogP contribution in [0.25, 0.3) is 0 Å². The minimum absolute atomic E-state index is 0.341. The minimum atomic E-state index is -3.01. The van der Waals surface area contributed by atoms with Crippen molar-refractivity contribution in [2.75, 3.05) is 5.88 Å². The second-order valence-corrected chi connectivity index (χ2v) is 3.28. The molecule has 0 aromatic heterocycles. The lowest BCUT2D eigenvalue weighted by Gasteiger charge is -2.08. The Hall–Kier alpha value is -0.900. The Labute approximate surface area is 90.8 Å². The first-order chi connectivity index (χ1) is 7.15. The third-order valence-corrected chi connectivity index (χ3v) is 2.11. The lowest BCUT2D eigenvalue weighted by molar-refractivity contribution is -0.0522.